The van der Waals surface area contributed by atoms with Crippen molar-refractivity contribution < 1.29 is 4.74 Å². The van der Waals surface area contributed by atoms with Crippen LogP contribution in [-0.2, 0) is 11.2 Å². The lowest BCUT2D eigenvalue weighted by atomic mass is 10.0. The monoisotopic (exact) mass is 256 g/mol. The molecule has 1 aromatic rings. The molecule has 0 saturated heterocycles. The van der Waals surface area contributed by atoms with Crippen LogP contribution in [0, 0.1) is 12.8 Å². The first-order valence-corrected chi connectivity index (χ1v) is 5.99. The van der Waals surface area contributed by atoms with Gasteiger partial charge in [0.05, 0.1) is 6.61 Å². The maximum atomic E-state index is 5.17. The highest BCUT2D eigenvalue weighted by atomic mass is 79.9. The molecular formula is C12H17BrO. The van der Waals surface area contributed by atoms with Gasteiger partial charge in [0, 0.05) is 12.4 Å². The lowest BCUT2D eigenvalue weighted by molar-refractivity contribution is 0.162. The molecule has 1 nitrogen and oxygen atoms in total. The van der Waals surface area contributed by atoms with Gasteiger partial charge in [0.15, 0.2) is 0 Å². The van der Waals surface area contributed by atoms with Crippen LogP contribution in [0.2, 0.25) is 0 Å². The molecule has 0 N–H and O–H groups in total. The number of halogens is 1. The summed E-state index contributed by atoms with van der Waals surface area (Å²) in [4.78, 5) is 0. The number of methoxy groups -OCH3 is 1. The third kappa shape index (κ3) is 3.81. The lowest BCUT2D eigenvalue weighted by Crippen LogP contribution is -2.12. The van der Waals surface area contributed by atoms with E-state index < -0.39 is 0 Å². The number of alkyl halides is 1. The van der Waals surface area contributed by atoms with E-state index in [2.05, 4.69) is 47.1 Å². The molecule has 0 radical (unpaired) electrons. The SMILES string of the molecule is COCC(CBr)Cc1cccc(C)c1. The van der Waals surface area contributed by atoms with Crippen molar-refractivity contribution in [1.29, 1.82) is 0 Å². The van der Waals surface area contributed by atoms with Crippen LogP contribution in [0.1, 0.15) is 11.1 Å². The van der Waals surface area contributed by atoms with Crippen LogP contribution < -0.4 is 0 Å². The number of ether oxygens (including phenoxy) is 1. The molecule has 0 heterocycles. The second kappa shape index (κ2) is 6.20. The molecule has 0 spiro atoms. The van der Waals surface area contributed by atoms with Crippen LogP contribution in [-0.4, -0.2) is 19.0 Å². The summed E-state index contributed by atoms with van der Waals surface area (Å²) in [6.07, 6.45) is 1.08. The van der Waals surface area contributed by atoms with Gasteiger partial charge in [-0.3, -0.25) is 0 Å². The first-order valence-electron chi connectivity index (χ1n) is 4.86. The fourth-order valence-electron chi connectivity index (χ4n) is 1.57. The van der Waals surface area contributed by atoms with Crippen molar-refractivity contribution >= 4 is 15.9 Å². The van der Waals surface area contributed by atoms with Gasteiger partial charge in [0.25, 0.3) is 0 Å². The van der Waals surface area contributed by atoms with Crippen molar-refractivity contribution in [2.45, 2.75) is 13.3 Å². The average molecular weight is 257 g/mol. The summed E-state index contributed by atoms with van der Waals surface area (Å²) in [5.41, 5.74) is 2.72. The Morgan fingerprint density at radius 2 is 2.21 bits per heavy atom. The molecule has 2 heteroatoms. The molecule has 0 fully saturated rings. The van der Waals surface area contributed by atoms with Gasteiger partial charge in [-0.25, -0.2) is 0 Å². The highest BCUT2D eigenvalue weighted by Crippen LogP contribution is 2.13. The smallest absolute Gasteiger partial charge is 0.0501 e. The zero-order chi connectivity index (χ0) is 10.4. The summed E-state index contributed by atoms with van der Waals surface area (Å²) in [7, 11) is 1.76. The number of benzene rings is 1. The van der Waals surface area contributed by atoms with Crippen LogP contribution in [0.5, 0.6) is 0 Å². The standard InChI is InChI=1S/C12H17BrO/c1-10-4-3-5-11(6-10)7-12(8-13)9-14-2/h3-6,12H,7-9H2,1-2H3. The van der Waals surface area contributed by atoms with Gasteiger partial charge in [-0.05, 0) is 24.8 Å². The van der Waals surface area contributed by atoms with Crippen LogP contribution in [0.4, 0.5) is 0 Å². The molecule has 0 bridgehead atoms. The predicted molar refractivity (Wildman–Crippen MR) is 64.0 cm³/mol. The van der Waals surface area contributed by atoms with E-state index in [1.165, 1.54) is 11.1 Å². The second-order valence-corrected chi connectivity index (χ2v) is 4.32. The van der Waals surface area contributed by atoms with Crippen LogP contribution in [0.15, 0.2) is 24.3 Å². The van der Waals surface area contributed by atoms with Crippen molar-refractivity contribution in [3.8, 4) is 0 Å². The Morgan fingerprint density at radius 1 is 1.43 bits per heavy atom. The Hall–Kier alpha value is -0.340. The molecule has 0 aliphatic carbocycles. The Labute approximate surface area is 94.6 Å². The molecule has 0 saturated carbocycles. The number of aryl methyl sites for hydroxylation is 1. The van der Waals surface area contributed by atoms with Crippen molar-refractivity contribution in [3.63, 3.8) is 0 Å². The zero-order valence-electron chi connectivity index (χ0n) is 8.79. The topological polar surface area (TPSA) is 9.23 Å². The van der Waals surface area contributed by atoms with Gasteiger partial charge in [-0.15, -0.1) is 0 Å². The fraction of sp³-hybridized carbons (Fsp3) is 0.500. The van der Waals surface area contributed by atoms with E-state index in [4.69, 9.17) is 4.74 Å². The molecule has 0 aliphatic heterocycles. The van der Waals surface area contributed by atoms with Crippen LogP contribution in [0.3, 0.4) is 0 Å². The van der Waals surface area contributed by atoms with Gasteiger partial charge in [-0.2, -0.15) is 0 Å². The summed E-state index contributed by atoms with van der Waals surface area (Å²) in [5.74, 6) is 0.571. The first kappa shape index (κ1) is 11.7. The highest BCUT2D eigenvalue weighted by molar-refractivity contribution is 9.09. The Bertz CT molecular complexity index is 273. The second-order valence-electron chi connectivity index (χ2n) is 3.67. The van der Waals surface area contributed by atoms with Crippen LogP contribution in [0.25, 0.3) is 0 Å². The minimum absolute atomic E-state index is 0.571. The maximum Gasteiger partial charge on any atom is 0.0501 e. The number of hydrogen-bond donors (Lipinski definition) is 0. The van der Waals surface area contributed by atoms with Crippen molar-refractivity contribution in [1.82, 2.24) is 0 Å². The molecule has 1 unspecified atom stereocenters. The van der Waals surface area contributed by atoms with Gasteiger partial charge in [0.1, 0.15) is 0 Å². The quantitative estimate of drug-likeness (QED) is 0.736. The lowest BCUT2D eigenvalue weighted by Gasteiger charge is -2.12. The van der Waals surface area contributed by atoms with E-state index in [9.17, 15) is 0 Å². The normalized spacial score (nSPS) is 12.8. The summed E-state index contributed by atoms with van der Waals surface area (Å²) in [6.45, 7) is 2.95. The average Bonchev–Trinajstić information content (AvgIpc) is 2.17. The Kier molecular flexibility index (Phi) is 5.20. The molecule has 0 amide bonds. The third-order valence-corrected chi connectivity index (χ3v) is 3.14. The van der Waals surface area contributed by atoms with E-state index in [1.54, 1.807) is 7.11 Å². The Balaban J connectivity index is 2.57. The van der Waals surface area contributed by atoms with Gasteiger partial charge < -0.3 is 4.74 Å². The summed E-state index contributed by atoms with van der Waals surface area (Å²) in [5, 5.41) is 0.995. The molecule has 1 rings (SSSR count). The number of hydrogen-bond acceptors (Lipinski definition) is 1. The fourth-order valence-corrected chi connectivity index (χ4v) is 1.98. The van der Waals surface area contributed by atoms with E-state index in [1.807, 2.05) is 0 Å². The zero-order valence-corrected chi connectivity index (χ0v) is 10.4. The highest BCUT2D eigenvalue weighted by Gasteiger charge is 2.07. The van der Waals surface area contributed by atoms with Gasteiger partial charge >= 0.3 is 0 Å². The maximum absolute atomic E-state index is 5.17. The minimum atomic E-state index is 0.571. The largest absolute Gasteiger partial charge is 0.384 e. The predicted octanol–water partition coefficient (Wildman–Crippen LogP) is 3.20. The first-order chi connectivity index (χ1) is 6.76. The van der Waals surface area contributed by atoms with Crippen molar-refractivity contribution in [2.24, 2.45) is 5.92 Å². The van der Waals surface area contributed by atoms with Gasteiger partial charge in [-0.1, -0.05) is 45.8 Å². The van der Waals surface area contributed by atoms with E-state index in [0.717, 1.165) is 18.4 Å². The molecular weight excluding hydrogens is 240 g/mol. The van der Waals surface area contributed by atoms with E-state index in [0.29, 0.717) is 5.92 Å². The molecule has 0 aliphatic rings. The summed E-state index contributed by atoms with van der Waals surface area (Å²) in [6, 6.07) is 8.66. The summed E-state index contributed by atoms with van der Waals surface area (Å²) < 4.78 is 5.17. The minimum Gasteiger partial charge on any atom is -0.384 e. The van der Waals surface area contributed by atoms with E-state index >= 15 is 0 Å². The van der Waals surface area contributed by atoms with Crippen molar-refractivity contribution in [3.05, 3.63) is 35.4 Å². The molecule has 0 aromatic heterocycles. The van der Waals surface area contributed by atoms with Crippen LogP contribution >= 0.6 is 15.9 Å². The summed E-state index contributed by atoms with van der Waals surface area (Å²) >= 11 is 3.51. The molecule has 1 aromatic carbocycles. The third-order valence-electron chi connectivity index (χ3n) is 2.23. The molecule has 14 heavy (non-hydrogen) atoms. The Morgan fingerprint density at radius 3 is 2.79 bits per heavy atom. The number of rotatable bonds is 5. The molecule has 78 valence electrons. The molecule has 1 atom stereocenters. The van der Waals surface area contributed by atoms with Crippen molar-refractivity contribution in [2.75, 3.05) is 19.0 Å². The van der Waals surface area contributed by atoms with E-state index in [-0.39, 0.29) is 0 Å². The van der Waals surface area contributed by atoms with Gasteiger partial charge in [0.2, 0.25) is 0 Å².